The zero-order valence-electron chi connectivity index (χ0n) is 12.0. The molecule has 2 aliphatic rings. The number of amides is 2. The van der Waals surface area contributed by atoms with Crippen LogP contribution in [-0.4, -0.2) is 53.1 Å². The summed E-state index contributed by atoms with van der Waals surface area (Å²) in [7, 11) is 1.63. The molecule has 4 unspecified atom stereocenters. The van der Waals surface area contributed by atoms with E-state index in [2.05, 4.69) is 6.07 Å². The Morgan fingerprint density at radius 3 is 2.80 bits per heavy atom. The Kier molecular flexibility index (Phi) is 4.17. The van der Waals surface area contributed by atoms with E-state index in [0.29, 0.717) is 19.0 Å². The third kappa shape index (κ3) is 2.58. The van der Waals surface area contributed by atoms with Crippen LogP contribution in [0.3, 0.4) is 0 Å². The van der Waals surface area contributed by atoms with Crippen molar-refractivity contribution in [1.82, 2.24) is 9.80 Å². The first kappa shape index (κ1) is 14.6. The number of urea groups is 1. The van der Waals surface area contributed by atoms with Gasteiger partial charge in [-0.1, -0.05) is 6.42 Å². The average molecular weight is 279 g/mol. The minimum Gasteiger partial charge on any atom is -0.480 e. The summed E-state index contributed by atoms with van der Waals surface area (Å²) in [5.41, 5.74) is 0. The number of aliphatic carboxylic acids is 1. The van der Waals surface area contributed by atoms with Crippen molar-refractivity contribution >= 4 is 12.0 Å². The Morgan fingerprint density at radius 2 is 2.20 bits per heavy atom. The van der Waals surface area contributed by atoms with Gasteiger partial charge in [-0.15, -0.1) is 0 Å². The maximum absolute atomic E-state index is 12.4. The molecule has 0 aromatic rings. The Morgan fingerprint density at radius 1 is 1.50 bits per heavy atom. The third-order valence-corrected chi connectivity index (χ3v) is 4.48. The number of nitriles is 1. The number of likely N-dealkylation sites (tertiary alicyclic amines) is 1. The van der Waals surface area contributed by atoms with Crippen LogP contribution in [0.1, 0.15) is 26.2 Å². The Balaban J connectivity index is 2.09. The second kappa shape index (κ2) is 5.70. The first-order valence-corrected chi connectivity index (χ1v) is 7.09. The van der Waals surface area contributed by atoms with Crippen LogP contribution < -0.4 is 0 Å². The largest absolute Gasteiger partial charge is 0.480 e. The second-order valence-electron chi connectivity index (χ2n) is 5.98. The maximum atomic E-state index is 12.4. The lowest BCUT2D eigenvalue weighted by Crippen LogP contribution is -2.49. The second-order valence-corrected chi connectivity index (χ2v) is 5.98. The minimum absolute atomic E-state index is 0.0956. The predicted molar refractivity (Wildman–Crippen MR) is 71.8 cm³/mol. The third-order valence-electron chi connectivity index (χ3n) is 4.48. The molecule has 1 heterocycles. The number of carbonyl (C=O) groups is 2. The molecule has 1 saturated carbocycles. The number of carbonyl (C=O) groups excluding carboxylic acids is 1. The molecule has 1 saturated heterocycles. The fourth-order valence-corrected chi connectivity index (χ4v) is 3.57. The summed E-state index contributed by atoms with van der Waals surface area (Å²) in [6.45, 7) is 2.61. The quantitative estimate of drug-likeness (QED) is 0.845. The summed E-state index contributed by atoms with van der Waals surface area (Å²) >= 11 is 0. The molecule has 2 fully saturated rings. The highest BCUT2D eigenvalue weighted by Gasteiger charge is 2.50. The molecular weight excluding hydrogens is 258 g/mol. The van der Waals surface area contributed by atoms with Gasteiger partial charge in [0.25, 0.3) is 0 Å². The van der Waals surface area contributed by atoms with Crippen molar-refractivity contribution in [2.24, 2.45) is 17.8 Å². The van der Waals surface area contributed by atoms with Gasteiger partial charge in [0.1, 0.15) is 6.04 Å². The van der Waals surface area contributed by atoms with E-state index < -0.39 is 12.0 Å². The Hall–Kier alpha value is -1.77. The highest BCUT2D eigenvalue weighted by molar-refractivity contribution is 5.83. The standard InChI is InChI=1S/C14H21N3O3/c1-9(6-15)7-16(2)14(20)17-8-10-4-3-5-11(10)12(17)13(18)19/h9-12H,3-5,7-8H2,1-2H3,(H,18,19). The topological polar surface area (TPSA) is 84.6 Å². The van der Waals surface area contributed by atoms with E-state index in [0.717, 1.165) is 19.3 Å². The van der Waals surface area contributed by atoms with Crippen molar-refractivity contribution in [2.45, 2.75) is 32.2 Å². The average Bonchev–Trinajstić information content (AvgIpc) is 2.96. The zero-order valence-corrected chi connectivity index (χ0v) is 12.0. The SMILES string of the molecule is CC(C#N)CN(C)C(=O)N1CC2CCCC2C1C(=O)O. The van der Waals surface area contributed by atoms with Crippen LogP contribution in [0.4, 0.5) is 4.79 Å². The van der Waals surface area contributed by atoms with E-state index in [-0.39, 0.29) is 17.9 Å². The van der Waals surface area contributed by atoms with Crippen molar-refractivity contribution in [2.75, 3.05) is 20.1 Å². The van der Waals surface area contributed by atoms with Crippen molar-refractivity contribution in [1.29, 1.82) is 5.26 Å². The summed E-state index contributed by atoms with van der Waals surface area (Å²) in [5, 5.41) is 18.2. The summed E-state index contributed by atoms with van der Waals surface area (Å²) < 4.78 is 0. The molecule has 2 amide bonds. The zero-order chi connectivity index (χ0) is 14.9. The number of hydrogen-bond acceptors (Lipinski definition) is 3. The van der Waals surface area contributed by atoms with Gasteiger partial charge < -0.3 is 14.9 Å². The highest BCUT2D eigenvalue weighted by atomic mass is 16.4. The minimum atomic E-state index is -0.908. The van der Waals surface area contributed by atoms with Gasteiger partial charge in [0, 0.05) is 20.1 Å². The normalized spacial score (nSPS) is 29.6. The molecule has 2 rings (SSSR count). The van der Waals surface area contributed by atoms with Crippen LogP contribution in [0.2, 0.25) is 0 Å². The number of carboxylic acid groups (broad SMARTS) is 1. The fourth-order valence-electron chi connectivity index (χ4n) is 3.57. The molecule has 1 aliphatic heterocycles. The van der Waals surface area contributed by atoms with E-state index in [1.807, 2.05) is 0 Å². The molecule has 1 aliphatic carbocycles. The first-order chi connectivity index (χ1) is 9.45. The van der Waals surface area contributed by atoms with E-state index >= 15 is 0 Å². The van der Waals surface area contributed by atoms with Crippen LogP contribution in [0, 0.1) is 29.1 Å². The molecule has 1 N–H and O–H groups in total. The highest BCUT2D eigenvalue weighted by Crippen LogP contribution is 2.42. The number of nitrogens with zero attached hydrogens (tertiary/aromatic N) is 3. The lowest BCUT2D eigenvalue weighted by Gasteiger charge is -2.29. The van der Waals surface area contributed by atoms with Gasteiger partial charge in [0.05, 0.1) is 12.0 Å². The molecule has 4 atom stereocenters. The van der Waals surface area contributed by atoms with Crippen LogP contribution in [0.15, 0.2) is 0 Å². The summed E-state index contributed by atoms with van der Waals surface area (Å²) in [4.78, 5) is 26.9. The number of rotatable bonds is 3. The first-order valence-electron chi connectivity index (χ1n) is 7.09. The van der Waals surface area contributed by atoms with E-state index in [4.69, 9.17) is 5.26 Å². The van der Waals surface area contributed by atoms with Gasteiger partial charge in [-0.05, 0) is 31.6 Å². The van der Waals surface area contributed by atoms with Gasteiger partial charge in [-0.2, -0.15) is 5.26 Å². The molecule has 6 heteroatoms. The predicted octanol–water partition coefficient (Wildman–Crippen LogP) is 1.38. The monoisotopic (exact) mass is 279 g/mol. The van der Waals surface area contributed by atoms with Crippen LogP contribution in [-0.2, 0) is 4.79 Å². The summed E-state index contributed by atoms with van der Waals surface area (Å²) in [6.07, 6.45) is 2.96. The maximum Gasteiger partial charge on any atom is 0.326 e. The fraction of sp³-hybridized carbons (Fsp3) is 0.786. The molecule has 0 spiro atoms. The van der Waals surface area contributed by atoms with Gasteiger partial charge in [0.2, 0.25) is 0 Å². The van der Waals surface area contributed by atoms with Crippen molar-refractivity contribution in [3.8, 4) is 6.07 Å². The van der Waals surface area contributed by atoms with Crippen LogP contribution in [0.25, 0.3) is 0 Å². The van der Waals surface area contributed by atoms with Gasteiger partial charge >= 0.3 is 12.0 Å². The molecule has 0 radical (unpaired) electrons. The van der Waals surface area contributed by atoms with Crippen LogP contribution in [0.5, 0.6) is 0 Å². The van der Waals surface area contributed by atoms with Crippen molar-refractivity contribution in [3.05, 3.63) is 0 Å². The van der Waals surface area contributed by atoms with E-state index in [1.165, 1.54) is 9.80 Å². The number of carboxylic acids is 1. The lowest BCUT2D eigenvalue weighted by molar-refractivity contribution is -0.142. The van der Waals surface area contributed by atoms with E-state index in [1.54, 1.807) is 14.0 Å². The van der Waals surface area contributed by atoms with Gasteiger partial charge in [0.15, 0.2) is 0 Å². The molecule has 0 bridgehead atoms. The molecular formula is C14H21N3O3. The number of hydrogen-bond donors (Lipinski definition) is 1. The van der Waals surface area contributed by atoms with Crippen molar-refractivity contribution in [3.63, 3.8) is 0 Å². The molecule has 20 heavy (non-hydrogen) atoms. The Labute approximate surface area is 119 Å². The molecule has 0 aromatic carbocycles. The summed E-state index contributed by atoms with van der Waals surface area (Å²) in [6, 6.07) is 1.12. The Bertz CT molecular complexity index is 445. The van der Waals surface area contributed by atoms with Gasteiger partial charge in [-0.25, -0.2) is 9.59 Å². The molecule has 0 aromatic heterocycles. The smallest absolute Gasteiger partial charge is 0.326 e. The van der Waals surface area contributed by atoms with E-state index in [9.17, 15) is 14.7 Å². The number of fused-ring (bicyclic) bond motifs is 1. The molecule has 110 valence electrons. The lowest BCUT2D eigenvalue weighted by atomic mass is 9.94. The molecule has 6 nitrogen and oxygen atoms in total. The summed E-state index contributed by atoms with van der Waals surface area (Å²) in [5.74, 6) is -0.746. The van der Waals surface area contributed by atoms with Gasteiger partial charge in [-0.3, -0.25) is 0 Å². The van der Waals surface area contributed by atoms with Crippen LogP contribution >= 0.6 is 0 Å². The van der Waals surface area contributed by atoms with Crippen molar-refractivity contribution < 1.29 is 14.7 Å².